The Kier molecular flexibility index (Phi) is 2.83. The molecule has 0 spiro atoms. The summed E-state index contributed by atoms with van der Waals surface area (Å²) in [6, 6.07) is 5.33. The van der Waals surface area contributed by atoms with E-state index < -0.39 is 5.57 Å². The minimum atomic E-state index is -3.75. The molecule has 0 heterocycles. The molecule has 0 aromatic heterocycles. The number of carbonyl (C=O) groups is 1. The van der Waals surface area contributed by atoms with E-state index >= 15 is 0 Å². The van der Waals surface area contributed by atoms with Crippen LogP contribution in [0.15, 0.2) is 24.3 Å². The molecule has 5 heteroatoms. The van der Waals surface area contributed by atoms with Crippen LogP contribution in [0, 0.1) is 0 Å². The van der Waals surface area contributed by atoms with Gasteiger partial charge in [-0.3, -0.25) is 4.79 Å². The minimum absolute atomic E-state index is 0.149. The Balaban J connectivity index is 2.84. The number of halogens is 3. The Morgan fingerprint density at radius 1 is 1.46 bits per heavy atom. The number of carbonyl (C=O) groups excluding carboxylic acids is 1. The molecule has 0 radical (unpaired) electrons. The third-order valence-electron chi connectivity index (χ3n) is 1.23. The van der Waals surface area contributed by atoms with Gasteiger partial charge in [0.1, 0.15) is 12.0 Å². The second-order valence-corrected chi connectivity index (χ2v) is 2.68. The van der Waals surface area contributed by atoms with Gasteiger partial charge in [-0.1, -0.05) is 12.1 Å². The maximum atomic E-state index is 12.1. The molecule has 70 valence electrons. The zero-order valence-electron chi connectivity index (χ0n) is 6.34. The molecule has 0 bridgehead atoms. The predicted octanol–water partition coefficient (Wildman–Crippen LogP) is 2.67. The van der Waals surface area contributed by atoms with Gasteiger partial charge in [-0.25, -0.2) is 0 Å². The summed E-state index contributed by atoms with van der Waals surface area (Å²) in [5.41, 5.74) is -3.50. The van der Waals surface area contributed by atoms with Crippen LogP contribution < -0.4 is 4.74 Å². The van der Waals surface area contributed by atoms with Crippen molar-refractivity contribution in [1.82, 2.24) is 0 Å². The number of alkyl halides is 3. The topological polar surface area (TPSA) is 26.3 Å². The Morgan fingerprint density at radius 3 is 2.69 bits per heavy atom. The highest BCUT2D eigenvalue weighted by Crippen LogP contribution is 2.24. The Labute approximate surface area is 78.1 Å². The van der Waals surface area contributed by atoms with Crippen LogP contribution in [0.25, 0.3) is 0 Å². The summed E-state index contributed by atoms with van der Waals surface area (Å²) in [5, 5.41) is 0. The van der Waals surface area contributed by atoms with Gasteiger partial charge in [-0.05, 0) is 12.1 Å². The molecule has 0 aliphatic heterocycles. The number of hydrogen-bond donors (Lipinski definition) is 0. The fraction of sp³-hybridized carbons (Fsp3) is 0.125. The van der Waals surface area contributed by atoms with E-state index in [1.807, 2.05) is 0 Å². The van der Waals surface area contributed by atoms with E-state index in [0.717, 1.165) is 0 Å². The molecule has 0 fully saturated rings. The van der Waals surface area contributed by atoms with E-state index in [9.17, 15) is 13.6 Å². The average Bonchev–Trinajstić information content (AvgIpc) is 2.01. The first kappa shape index (κ1) is 9.92. The van der Waals surface area contributed by atoms with E-state index in [1.54, 1.807) is 0 Å². The van der Waals surface area contributed by atoms with Gasteiger partial charge in [0.25, 0.3) is 0 Å². The van der Waals surface area contributed by atoms with Crippen LogP contribution in [0.2, 0.25) is 0 Å². The highest BCUT2D eigenvalue weighted by Gasteiger charge is 2.27. The van der Waals surface area contributed by atoms with Gasteiger partial charge in [0.2, 0.25) is 0 Å². The molecule has 2 nitrogen and oxygen atoms in total. The Hall–Kier alpha value is -1.16. The third kappa shape index (κ3) is 3.38. The van der Waals surface area contributed by atoms with Crippen molar-refractivity contribution in [3.8, 4) is 5.75 Å². The Morgan fingerprint density at radius 2 is 2.15 bits per heavy atom. The zero-order chi connectivity index (χ0) is 9.90. The van der Waals surface area contributed by atoms with E-state index in [0.29, 0.717) is 6.29 Å². The lowest BCUT2D eigenvalue weighted by Gasteiger charge is -2.09. The standard InChI is InChI=1S/C8H5ClF2O2/c9-8(10,11)13-7-3-1-2-6(4-7)5-12/h1-5H. The molecule has 13 heavy (non-hydrogen) atoms. The van der Waals surface area contributed by atoms with Crippen LogP contribution in [0.4, 0.5) is 8.78 Å². The van der Waals surface area contributed by atoms with Gasteiger partial charge in [-0.2, -0.15) is 0 Å². The average molecular weight is 207 g/mol. The smallest absolute Gasteiger partial charge is 0.420 e. The van der Waals surface area contributed by atoms with Crippen LogP contribution >= 0.6 is 11.6 Å². The highest BCUT2D eigenvalue weighted by molar-refractivity contribution is 6.20. The summed E-state index contributed by atoms with van der Waals surface area (Å²) < 4.78 is 28.2. The maximum absolute atomic E-state index is 12.1. The van der Waals surface area contributed by atoms with E-state index in [2.05, 4.69) is 16.3 Å². The molecule has 0 atom stereocenters. The summed E-state index contributed by atoms with van der Waals surface area (Å²) in [7, 11) is 0. The van der Waals surface area contributed by atoms with Crippen molar-refractivity contribution < 1.29 is 18.3 Å². The molecule has 1 rings (SSSR count). The lowest BCUT2D eigenvalue weighted by molar-refractivity contribution is -0.0964. The predicted molar refractivity (Wildman–Crippen MR) is 43.3 cm³/mol. The lowest BCUT2D eigenvalue weighted by Crippen LogP contribution is -2.15. The number of ether oxygens (including phenoxy) is 1. The zero-order valence-corrected chi connectivity index (χ0v) is 7.09. The summed E-state index contributed by atoms with van der Waals surface area (Å²) in [4.78, 5) is 10.2. The van der Waals surface area contributed by atoms with Crippen LogP contribution in [0.5, 0.6) is 5.75 Å². The summed E-state index contributed by atoms with van der Waals surface area (Å²) in [6.07, 6.45) is 0.527. The van der Waals surface area contributed by atoms with Crippen LogP contribution in [-0.2, 0) is 0 Å². The molecule has 1 aromatic carbocycles. The molecular formula is C8H5ClF2O2. The number of rotatable bonds is 3. The van der Waals surface area contributed by atoms with Crippen molar-refractivity contribution in [3.05, 3.63) is 29.8 Å². The maximum Gasteiger partial charge on any atom is 0.487 e. The first-order valence-electron chi connectivity index (χ1n) is 3.32. The fourth-order valence-electron chi connectivity index (χ4n) is 0.785. The molecule has 0 aliphatic rings. The van der Waals surface area contributed by atoms with Gasteiger partial charge in [0, 0.05) is 17.2 Å². The molecule has 0 amide bonds. The van der Waals surface area contributed by atoms with Gasteiger partial charge < -0.3 is 4.74 Å². The van der Waals surface area contributed by atoms with Crippen molar-refractivity contribution in [3.63, 3.8) is 0 Å². The number of hydrogen-bond acceptors (Lipinski definition) is 2. The first-order valence-corrected chi connectivity index (χ1v) is 3.70. The largest absolute Gasteiger partial charge is 0.487 e. The number of benzene rings is 1. The minimum Gasteiger partial charge on any atom is -0.420 e. The quantitative estimate of drug-likeness (QED) is 0.561. The van der Waals surface area contributed by atoms with Crippen molar-refractivity contribution in [2.75, 3.05) is 0 Å². The van der Waals surface area contributed by atoms with Crippen LogP contribution in [0.1, 0.15) is 10.4 Å². The Bertz CT molecular complexity index is 309. The molecule has 0 saturated carbocycles. The molecular weight excluding hydrogens is 202 g/mol. The summed E-state index contributed by atoms with van der Waals surface area (Å²) in [5.74, 6) is -0.149. The highest BCUT2D eigenvalue weighted by atomic mass is 35.5. The van der Waals surface area contributed by atoms with Crippen molar-refractivity contribution in [2.45, 2.75) is 5.57 Å². The van der Waals surface area contributed by atoms with Crippen molar-refractivity contribution in [1.29, 1.82) is 0 Å². The molecule has 0 N–H and O–H groups in total. The summed E-state index contributed by atoms with van der Waals surface area (Å²) >= 11 is 4.52. The van der Waals surface area contributed by atoms with Gasteiger partial charge in [0.15, 0.2) is 0 Å². The van der Waals surface area contributed by atoms with E-state index in [4.69, 9.17) is 0 Å². The molecule has 0 aliphatic carbocycles. The SMILES string of the molecule is O=Cc1cccc(OC(F)(F)Cl)c1. The monoisotopic (exact) mass is 206 g/mol. The lowest BCUT2D eigenvalue weighted by atomic mass is 10.2. The van der Waals surface area contributed by atoms with Crippen LogP contribution in [-0.4, -0.2) is 11.9 Å². The fourth-order valence-corrected chi connectivity index (χ4v) is 0.874. The van der Waals surface area contributed by atoms with Gasteiger partial charge in [-0.15, -0.1) is 8.78 Å². The van der Waals surface area contributed by atoms with E-state index in [1.165, 1.54) is 24.3 Å². The third-order valence-corrected chi connectivity index (χ3v) is 1.30. The van der Waals surface area contributed by atoms with Gasteiger partial charge in [0.05, 0.1) is 0 Å². The van der Waals surface area contributed by atoms with Crippen molar-refractivity contribution in [2.24, 2.45) is 0 Å². The first-order chi connectivity index (χ1) is 6.01. The molecule has 1 aromatic rings. The number of aldehydes is 1. The van der Waals surface area contributed by atoms with Crippen LogP contribution in [0.3, 0.4) is 0 Å². The molecule has 0 saturated heterocycles. The van der Waals surface area contributed by atoms with Crippen molar-refractivity contribution >= 4 is 17.9 Å². The second kappa shape index (κ2) is 3.70. The van der Waals surface area contributed by atoms with E-state index in [-0.39, 0.29) is 11.3 Å². The molecule has 0 unspecified atom stereocenters. The summed E-state index contributed by atoms with van der Waals surface area (Å²) in [6.45, 7) is 0. The normalized spacial score (nSPS) is 11.0. The second-order valence-electron chi connectivity index (χ2n) is 2.24. The van der Waals surface area contributed by atoms with Gasteiger partial charge >= 0.3 is 5.57 Å².